The lowest BCUT2D eigenvalue weighted by Crippen LogP contribution is -2.54. The van der Waals surface area contributed by atoms with E-state index in [0.29, 0.717) is 38.8 Å². The first kappa shape index (κ1) is 20.1. The molecule has 1 aromatic carbocycles. The van der Waals surface area contributed by atoms with Crippen molar-refractivity contribution >= 4 is 16.1 Å². The number of carbonyl (C=O) groups excluding carboxylic acids is 1. The van der Waals surface area contributed by atoms with Gasteiger partial charge in [-0.05, 0) is 25.3 Å². The van der Waals surface area contributed by atoms with Crippen molar-refractivity contribution in [1.82, 2.24) is 14.1 Å². The van der Waals surface area contributed by atoms with Gasteiger partial charge in [0.05, 0.1) is 12.4 Å². The van der Waals surface area contributed by atoms with E-state index in [1.54, 1.807) is 9.21 Å². The standard InChI is InChI=1S/C19H29N3O4S/c1-2-26-19(23)21-10-8-18(9-11-21)20-12-14-22(15-13-20)27(24,25)16-17-6-4-3-5-7-17/h3-7,18H,2,8-16H2,1H3. The summed E-state index contributed by atoms with van der Waals surface area (Å²) in [6, 6.07) is 9.74. The molecule has 2 aliphatic heterocycles. The topological polar surface area (TPSA) is 70.2 Å². The highest BCUT2D eigenvalue weighted by molar-refractivity contribution is 7.88. The fourth-order valence-electron chi connectivity index (χ4n) is 3.85. The number of carbonyl (C=O) groups is 1. The summed E-state index contributed by atoms with van der Waals surface area (Å²) in [5, 5.41) is 0. The first-order valence-electron chi connectivity index (χ1n) is 9.67. The van der Waals surface area contributed by atoms with Gasteiger partial charge in [-0.25, -0.2) is 13.2 Å². The molecule has 27 heavy (non-hydrogen) atoms. The lowest BCUT2D eigenvalue weighted by molar-refractivity contribution is 0.0633. The Morgan fingerprint density at radius 3 is 2.26 bits per heavy atom. The molecule has 1 aromatic rings. The highest BCUT2D eigenvalue weighted by atomic mass is 32.2. The van der Waals surface area contributed by atoms with Crippen LogP contribution in [0.1, 0.15) is 25.3 Å². The number of piperidine rings is 1. The third kappa shape index (κ3) is 5.21. The summed E-state index contributed by atoms with van der Waals surface area (Å²) in [5.41, 5.74) is 0.825. The second kappa shape index (κ2) is 9.03. The van der Waals surface area contributed by atoms with Crippen LogP contribution in [0.15, 0.2) is 30.3 Å². The zero-order valence-electron chi connectivity index (χ0n) is 15.9. The molecule has 7 nitrogen and oxygen atoms in total. The highest BCUT2D eigenvalue weighted by Gasteiger charge is 2.32. The van der Waals surface area contributed by atoms with Crippen LogP contribution in [0.25, 0.3) is 0 Å². The Bertz CT molecular complexity index is 710. The van der Waals surface area contributed by atoms with Crippen LogP contribution in [0.5, 0.6) is 0 Å². The number of piperazine rings is 1. The van der Waals surface area contributed by atoms with Crippen LogP contribution in [-0.4, -0.2) is 80.5 Å². The van der Waals surface area contributed by atoms with Crippen LogP contribution >= 0.6 is 0 Å². The third-order valence-electron chi connectivity index (χ3n) is 5.37. The average Bonchev–Trinajstić information content (AvgIpc) is 2.69. The Morgan fingerprint density at radius 1 is 1.04 bits per heavy atom. The Hall–Kier alpha value is -1.64. The quantitative estimate of drug-likeness (QED) is 0.760. The Balaban J connectivity index is 1.47. The van der Waals surface area contributed by atoms with Crippen molar-refractivity contribution in [2.45, 2.75) is 31.6 Å². The van der Waals surface area contributed by atoms with Crippen LogP contribution in [0, 0.1) is 0 Å². The van der Waals surface area contributed by atoms with Gasteiger partial charge in [-0.15, -0.1) is 0 Å². The molecular formula is C19H29N3O4S. The molecule has 0 spiro atoms. The molecule has 0 radical (unpaired) electrons. The van der Waals surface area contributed by atoms with Gasteiger partial charge in [0.25, 0.3) is 0 Å². The van der Waals surface area contributed by atoms with E-state index in [4.69, 9.17) is 4.74 Å². The molecule has 0 bridgehead atoms. The van der Waals surface area contributed by atoms with Gasteiger partial charge in [-0.1, -0.05) is 30.3 Å². The summed E-state index contributed by atoms with van der Waals surface area (Å²) in [6.45, 7) is 6.19. The molecule has 8 heteroatoms. The summed E-state index contributed by atoms with van der Waals surface area (Å²) in [4.78, 5) is 15.9. The molecule has 0 saturated carbocycles. The SMILES string of the molecule is CCOC(=O)N1CCC(N2CCN(S(=O)(=O)Cc3ccccc3)CC2)CC1. The van der Waals surface area contributed by atoms with E-state index in [1.165, 1.54) is 0 Å². The van der Waals surface area contributed by atoms with Gasteiger partial charge < -0.3 is 9.64 Å². The zero-order valence-corrected chi connectivity index (χ0v) is 16.7. The fourth-order valence-corrected chi connectivity index (χ4v) is 5.37. The monoisotopic (exact) mass is 395 g/mol. The number of benzene rings is 1. The lowest BCUT2D eigenvalue weighted by Gasteiger charge is -2.42. The molecular weight excluding hydrogens is 366 g/mol. The molecule has 0 aliphatic carbocycles. The minimum atomic E-state index is -3.28. The van der Waals surface area contributed by atoms with Crippen molar-refractivity contribution < 1.29 is 17.9 Å². The maximum Gasteiger partial charge on any atom is 0.409 e. The molecule has 3 rings (SSSR count). The number of sulfonamides is 1. The van der Waals surface area contributed by atoms with Crippen molar-refractivity contribution in [3.8, 4) is 0 Å². The molecule has 0 unspecified atom stereocenters. The van der Waals surface area contributed by atoms with E-state index in [1.807, 2.05) is 37.3 Å². The van der Waals surface area contributed by atoms with Gasteiger partial charge in [-0.3, -0.25) is 4.90 Å². The normalized spacial score (nSPS) is 20.6. The van der Waals surface area contributed by atoms with Crippen LogP contribution < -0.4 is 0 Å². The second-order valence-electron chi connectivity index (χ2n) is 7.09. The molecule has 0 atom stereocenters. The molecule has 1 amide bonds. The first-order chi connectivity index (χ1) is 13.0. The van der Waals surface area contributed by atoms with Crippen LogP contribution in [0.4, 0.5) is 4.79 Å². The van der Waals surface area contributed by atoms with E-state index in [2.05, 4.69) is 4.90 Å². The molecule has 150 valence electrons. The largest absolute Gasteiger partial charge is 0.450 e. The number of amides is 1. The first-order valence-corrected chi connectivity index (χ1v) is 11.3. The number of hydrogen-bond donors (Lipinski definition) is 0. The maximum atomic E-state index is 12.7. The zero-order chi connectivity index (χ0) is 19.3. The van der Waals surface area contributed by atoms with Crippen molar-refractivity contribution in [3.05, 3.63) is 35.9 Å². The van der Waals surface area contributed by atoms with Crippen LogP contribution in [-0.2, 0) is 20.5 Å². The maximum absolute atomic E-state index is 12.7. The van der Waals surface area contributed by atoms with Crippen molar-refractivity contribution in [2.75, 3.05) is 45.9 Å². The van der Waals surface area contributed by atoms with E-state index in [0.717, 1.165) is 31.5 Å². The molecule has 2 heterocycles. The van der Waals surface area contributed by atoms with E-state index in [-0.39, 0.29) is 11.8 Å². The lowest BCUT2D eigenvalue weighted by atomic mass is 10.0. The summed E-state index contributed by atoms with van der Waals surface area (Å²) >= 11 is 0. The van der Waals surface area contributed by atoms with Crippen molar-refractivity contribution in [1.29, 1.82) is 0 Å². The molecule has 2 aliphatic rings. The van der Waals surface area contributed by atoms with Gasteiger partial charge in [-0.2, -0.15) is 4.31 Å². The average molecular weight is 396 g/mol. The van der Waals surface area contributed by atoms with E-state index < -0.39 is 10.0 Å². The van der Waals surface area contributed by atoms with Crippen molar-refractivity contribution in [3.63, 3.8) is 0 Å². The Morgan fingerprint density at radius 2 is 1.67 bits per heavy atom. The summed E-state index contributed by atoms with van der Waals surface area (Å²) in [6.07, 6.45) is 1.60. The third-order valence-corrected chi connectivity index (χ3v) is 7.22. The van der Waals surface area contributed by atoms with Crippen molar-refractivity contribution in [2.24, 2.45) is 0 Å². The molecule has 2 saturated heterocycles. The summed E-state index contributed by atoms with van der Waals surface area (Å²) < 4.78 is 32.0. The summed E-state index contributed by atoms with van der Waals surface area (Å²) in [5.74, 6) is 0.0613. The fraction of sp³-hybridized carbons (Fsp3) is 0.632. The van der Waals surface area contributed by atoms with Crippen LogP contribution in [0.3, 0.4) is 0 Å². The van der Waals surface area contributed by atoms with E-state index in [9.17, 15) is 13.2 Å². The van der Waals surface area contributed by atoms with Gasteiger partial charge in [0.1, 0.15) is 0 Å². The van der Waals surface area contributed by atoms with Gasteiger partial charge in [0, 0.05) is 45.3 Å². The number of ether oxygens (including phenoxy) is 1. The van der Waals surface area contributed by atoms with Crippen LogP contribution in [0.2, 0.25) is 0 Å². The number of likely N-dealkylation sites (tertiary alicyclic amines) is 1. The minimum Gasteiger partial charge on any atom is -0.450 e. The second-order valence-corrected chi connectivity index (χ2v) is 9.06. The Kier molecular flexibility index (Phi) is 6.73. The smallest absolute Gasteiger partial charge is 0.409 e. The molecule has 2 fully saturated rings. The molecule has 0 aromatic heterocycles. The van der Waals surface area contributed by atoms with E-state index >= 15 is 0 Å². The Labute approximate surface area is 161 Å². The van der Waals surface area contributed by atoms with Gasteiger partial charge in [0.15, 0.2) is 0 Å². The predicted octanol–water partition coefficient (Wildman–Crippen LogP) is 1.75. The van der Waals surface area contributed by atoms with Gasteiger partial charge >= 0.3 is 6.09 Å². The van der Waals surface area contributed by atoms with Gasteiger partial charge in [0.2, 0.25) is 10.0 Å². The minimum absolute atomic E-state index is 0.0613. The number of nitrogens with zero attached hydrogens (tertiary/aromatic N) is 3. The summed E-state index contributed by atoms with van der Waals surface area (Å²) in [7, 11) is -3.28. The predicted molar refractivity (Wildman–Crippen MR) is 104 cm³/mol. The number of rotatable bonds is 5. The molecule has 0 N–H and O–H groups in total. The number of hydrogen-bond acceptors (Lipinski definition) is 5. The highest BCUT2D eigenvalue weighted by Crippen LogP contribution is 2.21.